The van der Waals surface area contributed by atoms with Crippen molar-refractivity contribution in [2.24, 2.45) is 7.05 Å². The first-order valence-electron chi connectivity index (χ1n) is 9.62. The average molecular weight is 415 g/mol. The fourth-order valence-electron chi connectivity index (χ4n) is 3.39. The van der Waals surface area contributed by atoms with Crippen LogP contribution < -0.4 is 14.2 Å². The number of fused-ring (bicyclic) bond motifs is 1. The molecule has 4 rings (SSSR count). The number of imidazole rings is 1. The molecule has 1 fully saturated rings. The number of aryl methyl sites for hydroxylation is 1. The van der Waals surface area contributed by atoms with Crippen molar-refractivity contribution in [3.8, 4) is 23.4 Å². The van der Waals surface area contributed by atoms with E-state index in [4.69, 9.17) is 14.2 Å². The Morgan fingerprint density at radius 1 is 1.27 bits per heavy atom. The van der Waals surface area contributed by atoms with Crippen LogP contribution in [0.1, 0.15) is 19.8 Å². The Morgan fingerprint density at radius 2 is 2.07 bits per heavy atom. The lowest BCUT2D eigenvalue weighted by molar-refractivity contribution is -0.130. The molecule has 10 heteroatoms. The molecular formula is C20H22FN5O4. The van der Waals surface area contributed by atoms with E-state index in [9.17, 15) is 9.18 Å². The van der Waals surface area contributed by atoms with E-state index in [0.29, 0.717) is 42.3 Å². The van der Waals surface area contributed by atoms with Gasteiger partial charge in [0.05, 0.1) is 13.7 Å². The number of carbonyl (C=O) groups is 1. The molecule has 0 aliphatic carbocycles. The molecule has 1 saturated heterocycles. The maximum absolute atomic E-state index is 13.8. The van der Waals surface area contributed by atoms with Crippen molar-refractivity contribution in [1.29, 1.82) is 0 Å². The van der Waals surface area contributed by atoms with Crippen molar-refractivity contribution in [2.75, 3.05) is 20.2 Å². The molecular weight excluding hydrogens is 393 g/mol. The number of hydrogen-bond acceptors (Lipinski definition) is 7. The summed E-state index contributed by atoms with van der Waals surface area (Å²) in [6.07, 6.45) is 2.41. The Labute approximate surface area is 172 Å². The quantitative estimate of drug-likeness (QED) is 0.611. The number of hydrogen-bond donors (Lipinski definition) is 0. The molecule has 2 aromatic heterocycles. The first-order valence-corrected chi connectivity index (χ1v) is 9.62. The molecule has 158 valence electrons. The minimum atomic E-state index is -0.487. The van der Waals surface area contributed by atoms with Crippen LogP contribution in [-0.4, -0.2) is 56.6 Å². The van der Waals surface area contributed by atoms with Gasteiger partial charge in [-0.1, -0.05) is 6.92 Å². The number of aromatic nitrogens is 4. The number of halogens is 1. The fraction of sp³-hybridized carbons (Fsp3) is 0.400. The summed E-state index contributed by atoms with van der Waals surface area (Å²) >= 11 is 0. The summed E-state index contributed by atoms with van der Waals surface area (Å²) in [6, 6.07) is 4.26. The first-order chi connectivity index (χ1) is 14.5. The summed E-state index contributed by atoms with van der Waals surface area (Å²) in [7, 11) is 3.18. The molecule has 1 aliphatic rings. The van der Waals surface area contributed by atoms with Gasteiger partial charge in [0.1, 0.15) is 29.7 Å². The summed E-state index contributed by atoms with van der Waals surface area (Å²) in [5, 5.41) is 0. The number of rotatable bonds is 6. The molecule has 0 radical (unpaired) electrons. The Hall–Kier alpha value is -3.43. The van der Waals surface area contributed by atoms with Crippen LogP contribution >= 0.6 is 0 Å². The second-order valence-corrected chi connectivity index (χ2v) is 6.96. The van der Waals surface area contributed by atoms with Crippen LogP contribution in [0.5, 0.6) is 23.4 Å². The van der Waals surface area contributed by atoms with E-state index < -0.39 is 5.82 Å². The van der Waals surface area contributed by atoms with Crippen LogP contribution in [0.25, 0.3) is 11.2 Å². The molecule has 30 heavy (non-hydrogen) atoms. The third kappa shape index (κ3) is 3.85. The van der Waals surface area contributed by atoms with Gasteiger partial charge in [-0.15, -0.1) is 0 Å². The Morgan fingerprint density at radius 3 is 2.83 bits per heavy atom. The van der Waals surface area contributed by atoms with Gasteiger partial charge in [0.15, 0.2) is 11.2 Å². The molecule has 1 amide bonds. The highest BCUT2D eigenvalue weighted by molar-refractivity contribution is 5.78. The summed E-state index contributed by atoms with van der Waals surface area (Å²) in [5.74, 6) is 0.510. The molecule has 3 aromatic rings. The van der Waals surface area contributed by atoms with Crippen LogP contribution in [0.4, 0.5) is 4.39 Å². The number of nitrogens with zero attached hydrogens (tertiary/aromatic N) is 5. The van der Waals surface area contributed by atoms with Crippen LogP contribution in [0, 0.1) is 5.82 Å². The maximum atomic E-state index is 13.8. The number of likely N-dealkylation sites (tertiary alicyclic amines) is 1. The summed E-state index contributed by atoms with van der Waals surface area (Å²) in [6.45, 7) is 3.01. The number of amides is 1. The second kappa shape index (κ2) is 8.13. The number of methoxy groups -OCH3 is 1. The lowest BCUT2D eigenvalue weighted by Gasteiger charge is -2.16. The molecule has 0 spiro atoms. The van der Waals surface area contributed by atoms with Gasteiger partial charge in [-0.05, 0) is 0 Å². The molecule has 1 aliphatic heterocycles. The van der Waals surface area contributed by atoms with Gasteiger partial charge in [0.2, 0.25) is 11.8 Å². The van der Waals surface area contributed by atoms with E-state index in [1.54, 1.807) is 22.6 Å². The third-order valence-corrected chi connectivity index (χ3v) is 4.95. The van der Waals surface area contributed by atoms with Crippen molar-refractivity contribution in [1.82, 2.24) is 24.4 Å². The van der Waals surface area contributed by atoms with Gasteiger partial charge >= 0.3 is 6.01 Å². The van der Waals surface area contributed by atoms with Crippen LogP contribution in [-0.2, 0) is 11.8 Å². The predicted octanol–water partition coefficient (Wildman–Crippen LogP) is 2.69. The fourth-order valence-corrected chi connectivity index (χ4v) is 3.39. The zero-order chi connectivity index (χ0) is 21.3. The van der Waals surface area contributed by atoms with E-state index in [0.717, 1.165) is 6.42 Å². The van der Waals surface area contributed by atoms with E-state index >= 15 is 0 Å². The molecule has 0 unspecified atom stereocenters. The minimum absolute atomic E-state index is 0.105. The predicted molar refractivity (Wildman–Crippen MR) is 105 cm³/mol. The standard InChI is InChI=1S/C20H22FN5O4/c1-4-16(27)26-6-5-13(10-26)29-19-17-18(22-11-23-19)25(2)20(24-17)30-15-8-12(21)7-14(9-15)28-3/h7-9,11,13H,4-6,10H2,1-3H3/t13-/m0/s1. The van der Waals surface area contributed by atoms with Gasteiger partial charge < -0.3 is 19.1 Å². The normalized spacial score (nSPS) is 16.1. The van der Waals surface area contributed by atoms with Crippen molar-refractivity contribution in [2.45, 2.75) is 25.9 Å². The van der Waals surface area contributed by atoms with Crippen molar-refractivity contribution in [3.05, 3.63) is 30.3 Å². The van der Waals surface area contributed by atoms with E-state index in [1.165, 1.54) is 25.6 Å². The largest absolute Gasteiger partial charge is 0.497 e. The molecule has 1 atom stereocenters. The zero-order valence-corrected chi connectivity index (χ0v) is 17.0. The van der Waals surface area contributed by atoms with E-state index in [2.05, 4.69) is 15.0 Å². The molecule has 0 N–H and O–H groups in total. The van der Waals surface area contributed by atoms with Gasteiger partial charge in [0.25, 0.3) is 0 Å². The minimum Gasteiger partial charge on any atom is -0.497 e. The molecule has 0 bridgehead atoms. The van der Waals surface area contributed by atoms with Crippen LogP contribution in [0.3, 0.4) is 0 Å². The first kappa shape index (κ1) is 19.9. The summed E-state index contributed by atoms with van der Waals surface area (Å²) in [5.41, 5.74) is 0.941. The summed E-state index contributed by atoms with van der Waals surface area (Å²) in [4.78, 5) is 26.6. The number of ether oxygens (including phenoxy) is 3. The van der Waals surface area contributed by atoms with Gasteiger partial charge in [-0.2, -0.15) is 9.97 Å². The SMILES string of the molecule is CCC(=O)N1CC[C@H](Oc2ncnc3c2nc(Oc2cc(F)cc(OC)c2)n3C)C1. The molecule has 1 aromatic carbocycles. The van der Waals surface area contributed by atoms with Crippen LogP contribution in [0.2, 0.25) is 0 Å². The average Bonchev–Trinajstić information content (AvgIpc) is 3.33. The smallest absolute Gasteiger partial charge is 0.304 e. The number of benzene rings is 1. The van der Waals surface area contributed by atoms with Crippen molar-refractivity contribution < 1.29 is 23.4 Å². The monoisotopic (exact) mass is 415 g/mol. The topological polar surface area (TPSA) is 91.6 Å². The van der Waals surface area contributed by atoms with E-state index in [-0.39, 0.29) is 23.8 Å². The van der Waals surface area contributed by atoms with Gasteiger partial charge in [-0.25, -0.2) is 9.37 Å². The second-order valence-electron chi connectivity index (χ2n) is 6.96. The Kier molecular flexibility index (Phi) is 5.39. The molecule has 9 nitrogen and oxygen atoms in total. The number of carbonyl (C=O) groups excluding carboxylic acids is 1. The highest BCUT2D eigenvalue weighted by Gasteiger charge is 2.28. The zero-order valence-electron chi connectivity index (χ0n) is 17.0. The highest BCUT2D eigenvalue weighted by Crippen LogP contribution is 2.31. The third-order valence-electron chi connectivity index (χ3n) is 4.95. The lowest BCUT2D eigenvalue weighted by Crippen LogP contribution is -2.30. The molecule has 0 saturated carbocycles. The Bertz CT molecular complexity index is 1090. The maximum Gasteiger partial charge on any atom is 0.304 e. The summed E-state index contributed by atoms with van der Waals surface area (Å²) < 4.78 is 32.3. The van der Waals surface area contributed by atoms with Crippen LogP contribution in [0.15, 0.2) is 24.5 Å². The van der Waals surface area contributed by atoms with Crippen molar-refractivity contribution >= 4 is 17.1 Å². The Balaban J connectivity index is 1.59. The highest BCUT2D eigenvalue weighted by atomic mass is 19.1. The molecule has 3 heterocycles. The van der Waals surface area contributed by atoms with Gasteiger partial charge in [0, 0.05) is 44.6 Å². The van der Waals surface area contributed by atoms with E-state index in [1.807, 2.05) is 6.92 Å². The lowest BCUT2D eigenvalue weighted by atomic mass is 10.3. The van der Waals surface area contributed by atoms with Crippen molar-refractivity contribution in [3.63, 3.8) is 0 Å². The van der Waals surface area contributed by atoms with Gasteiger partial charge in [-0.3, -0.25) is 9.36 Å².